The molecule has 2 aliphatic rings. The minimum atomic E-state index is -4.65. The van der Waals surface area contributed by atoms with Crippen molar-refractivity contribution >= 4 is 17.7 Å². The first-order chi connectivity index (χ1) is 12.8. The Balaban J connectivity index is 1.61. The molecule has 2 saturated heterocycles. The Hall–Kier alpha value is -2.45. The second-order valence-electron chi connectivity index (χ2n) is 7.07. The number of halogens is 3. The number of nitrogens with one attached hydrogen (secondary N) is 1. The molecule has 2 heterocycles. The summed E-state index contributed by atoms with van der Waals surface area (Å²) in [6.07, 6.45) is -3.07. The molecule has 3 atom stereocenters. The van der Waals surface area contributed by atoms with Gasteiger partial charge in [-0.1, -0.05) is 18.2 Å². The summed E-state index contributed by atoms with van der Waals surface area (Å²) in [5.41, 5.74) is 1.03. The predicted molar refractivity (Wildman–Crippen MR) is 92.5 cm³/mol. The van der Waals surface area contributed by atoms with E-state index in [0.29, 0.717) is 6.54 Å². The van der Waals surface area contributed by atoms with E-state index in [-0.39, 0.29) is 6.04 Å². The Morgan fingerprint density at radius 3 is 2.41 bits per heavy atom. The third kappa shape index (κ3) is 4.45. The second kappa shape index (κ2) is 7.66. The predicted octanol–water partition coefficient (Wildman–Crippen LogP) is 2.56. The third-order valence-corrected chi connectivity index (χ3v) is 5.22. The number of para-hydroxylation sites is 1. The molecule has 2 aliphatic heterocycles. The van der Waals surface area contributed by atoms with Crippen LogP contribution in [0.3, 0.4) is 0 Å². The summed E-state index contributed by atoms with van der Waals surface area (Å²) in [4.78, 5) is 26.7. The zero-order chi connectivity index (χ0) is 19.6. The van der Waals surface area contributed by atoms with Crippen LogP contribution in [0.4, 0.5) is 23.7 Å². The van der Waals surface area contributed by atoms with Gasteiger partial charge < -0.3 is 20.2 Å². The molecule has 1 unspecified atom stereocenters. The van der Waals surface area contributed by atoms with E-state index >= 15 is 0 Å². The highest BCUT2D eigenvalue weighted by atomic mass is 19.4. The maximum absolute atomic E-state index is 13.1. The number of piperidine rings is 1. The molecule has 0 saturated carbocycles. The number of benzene rings is 1. The molecule has 0 bridgehead atoms. The van der Waals surface area contributed by atoms with Crippen molar-refractivity contribution < 1.29 is 27.9 Å². The molecular weight excluding hydrogens is 363 g/mol. The van der Waals surface area contributed by atoms with Gasteiger partial charge >= 0.3 is 18.2 Å². The van der Waals surface area contributed by atoms with Crippen LogP contribution in [0.5, 0.6) is 0 Å². The number of carboxylic acid groups (broad SMARTS) is 1. The topological polar surface area (TPSA) is 72.9 Å². The first-order valence-electron chi connectivity index (χ1n) is 8.90. The van der Waals surface area contributed by atoms with Gasteiger partial charge in [0.15, 0.2) is 0 Å². The van der Waals surface area contributed by atoms with Gasteiger partial charge in [-0.05, 0) is 25.0 Å². The zero-order valence-corrected chi connectivity index (χ0v) is 14.7. The number of likely N-dealkylation sites (tertiary alicyclic amines) is 1. The van der Waals surface area contributed by atoms with Crippen molar-refractivity contribution in [2.24, 2.45) is 11.8 Å². The number of carbonyl (C=O) groups is 2. The van der Waals surface area contributed by atoms with Gasteiger partial charge in [0, 0.05) is 37.9 Å². The fraction of sp³-hybridized carbons (Fsp3) is 0.556. The number of urea groups is 1. The van der Waals surface area contributed by atoms with Crippen LogP contribution < -0.4 is 10.2 Å². The van der Waals surface area contributed by atoms with Crippen LogP contribution in [0.25, 0.3) is 0 Å². The van der Waals surface area contributed by atoms with E-state index in [1.165, 1.54) is 0 Å². The van der Waals surface area contributed by atoms with Gasteiger partial charge in [0.1, 0.15) is 0 Å². The molecule has 0 radical (unpaired) electrons. The number of anilines is 1. The van der Waals surface area contributed by atoms with E-state index in [1.54, 1.807) is 0 Å². The van der Waals surface area contributed by atoms with Crippen molar-refractivity contribution in [3.8, 4) is 0 Å². The largest absolute Gasteiger partial charge is 0.481 e. The molecular formula is C18H22F3N3O3. The van der Waals surface area contributed by atoms with E-state index in [2.05, 4.69) is 10.2 Å². The summed E-state index contributed by atoms with van der Waals surface area (Å²) in [5, 5.41) is 11.8. The molecule has 27 heavy (non-hydrogen) atoms. The first-order valence-corrected chi connectivity index (χ1v) is 8.90. The Labute approximate surface area is 154 Å². The van der Waals surface area contributed by atoms with Crippen LogP contribution in [0.1, 0.15) is 12.8 Å². The Morgan fingerprint density at radius 2 is 1.81 bits per heavy atom. The van der Waals surface area contributed by atoms with Gasteiger partial charge in [-0.3, -0.25) is 4.79 Å². The molecule has 9 heteroatoms. The van der Waals surface area contributed by atoms with Crippen LogP contribution in [-0.2, 0) is 4.79 Å². The van der Waals surface area contributed by atoms with Gasteiger partial charge in [-0.2, -0.15) is 13.2 Å². The molecule has 2 N–H and O–H groups in total. The Kier molecular flexibility index (Phi) is 5.48. The molecule has 0 aromatic heterocycles. The average molecular weight is 385 g/mol. The first kappa shape index (κ1) is 19.3. The van der Waals surface area contributed by atoms with Crippen LogP contribution in [0.15, 0.2) is 30.3 Å². The fourth-order valence-corrected chi connectivity index (χ4v) is 3.79. The summed E-state index contributed by atoms with van der Waals surface area (Å²) in [6.45, 7) is 0.355. The lowest BCUT2D eigenvalue weighted by Gasteiger charge is -2.35. The highest BCUT2D eigenvalue weighted by Gasteiger charge is 2.53. The Morgan fingerprint density at radius 1 is 1.11 bits per heavy atom. The monoisotopic (exact) mass is 385 g/mol. The molecule has 148 valence electrons. The van der Waals surface area contributed by atoms with Gasteiger partial charge in [0.25, 0.3) is 0 Å². The molecule has 3 rings (SSSR count). The lowest BCUT2D eigenvalue weighted by Crippen LogP contribution is -2.51. The van der Waals surface area contributed by atoms with Crippen molar-refractivity contribution in [1.82, 2.24) is 10.2 Å². The minimum Gasteiger partial charge on any atom is -0.481 e. The van der Waals surface area contributed by atoms with Crippen molar-refractivity contribution in [2.45, 2.75) is 25.1 Å². The highest BCUT2D eigenvalue weighted by Crippen LogP contribution is 2.37. The number of nitrogens with zero attached hydrogens (tertiary/aromatic N) is 2. The summed E-state index contributed by atoms with van der Waals surface area (Å²) in [7, 11) is 0. The van der Waals surface area contributed by atoms with Crippen molar-refractivity contribution in [1.29, 1.82) is 0 Å². The smallest absolute Gasteiger partial charge is 0.394 e. The normalized spacial score (nSPS) is 26.1. The highest BCUT2D eigenvalue weighted by molar-refractivity contribution is 5.78. The number of alkyl halides is 3. The maximum Gasteiger partial charge on any atom is 0.394 e. The SMILES string of the molecule is O=C(O)[C@@H]1CN(C(=O)NC2CCCN(c3ccccc3)C2)C[C@H]1C(F)(F)F. The van der Waals surface area contributed by atoms with E-state index in [0.717, 1.165) is 30.0 Å². The Bertz CT molecular complexity index is 683. The zero-order valence-electron chi connectivity index (χ0n) is 14.7. The number of hydrogen-bond acceptors (Lipinski definition) is 3. The van der Waals surface area contributed by atoms with Gasteiger partial charge in [-0.25, -0.2) is 4.79 Å². The molecule has 2 amide bonds. The number of hydrogen-bond donors (Lipinski definition) is 2. The van der Waals surface area contributed by atoms with Gasteiger partial charge in [0.05, 0.1) is 11.8 Å². The van der Waals surface area contributed by atoms with E-state index in [4.69, 9.17) is 5.11 Å². The minimum absolute atomic E-state index is 0.195. The van der Waals surface area contributed by atoms with Crippen molar-refractivity contribution in [3.05, 3.63) is 30.3 Å². The van der Waals surface area contributed by atoms with E-state index in [9.17, 15) is 22.8 Å². The lowest BCUT2D eigenvalue weighted by atomic mass is 9.96. The third-order valence-electron chi connectivity index (χ3n) is 5.22. The van der Waals surface area contributed by atoms with Gasteiger partial charge in [0.2, 0.25) is 0 Å². The quantitative estimate of drug-likeness (QED) is 0.839. The van der Waals surface area contributed by atoms with Crippen molar-refractivity contribution in [2.75, 3.05) is 31.1 Å². The summed E-state index contributed by atoms with van der Waals surface area (Å²) < 4.78 is 39.2. The molecule has 6 nitrogen and oxygen atoms in total. The van der Waals surface area contributed by atoms with Crippen molar-refractivity contribution in [3.63, 3.8) is 0 Å². The standard InChI is InChI=1S/C18H22F3N3O3/c19-18(20,21)15-11-24(10-14(15)16(25)26)17(27)22-12-5-4-8-23(9-12)13-6-2-1-3-7-13/h1-3,6-7,12,14-15H,4-5,8-11H2,(H,22,27)(H,25,26)/t12?,14-,15-/m1/s1. The molecule has 2 fully saturated rings. The second-order valence-corrected chi connectivity index (χ2v) is 7.07. The molecule has 1 aromatic carbocycles. The van der Waals surface area contributed by atoms with Crippen LogP contribution in [0.2, 0.25) is 0 Å². The number of amides is 2. The molecule has 1 aromatic rings. The number of aliphatic carboxylic acids is 1. The van der Waals surface area contributed by atoms with Gasteiger partial charge in [-0.15, -0.1) is 0 Å². The van der Waals surface area contributed by atoms with E-state index in [1.807, 2.05) is 30.3 Å². The summed E-state index contributed by atoms with van der Waals surface area (Å²) in [6, 6.07) is 8.87. The van der Waals surface area contributed by atoms with Crippen LogP contribution >= 0.6 is 0 Å². The fourth-order valence-electron chi connectivity index (χ4n) is 3.79. The van der Waals surface area contributed by atoms with Crippen LogP contribution in [-0.4, -0.2) is 60.4 Å². The van der Waals surface area contributed by atoms with Crippen LogP contribution in [0, 0.1) is 11.8 Å². The number of rotatable bonds is 3. The lowest BCUT2D eigenvalue weighted by molar-refractivity contribution is -0.187. The molecule has 0 aliphatic carbocycles. The summed E-state index contributed by atoms with van der Waals surface area (Å²) >= 11 is 0. The van der Waals surface area contributed by atoms with E-state index < -0.39 is 43.1 Å². The molecule has 0 spiro atoms. The average Bonchev–Trinajstić information content (AvgIpc) is 3.09. The maximum atomic E-state index is 13.1. The summed E-state index contributed by atoms with van der Waals surface area (Å²) in [5.74, 6) is -5.18. The number of carbonyl (C=O) groups excluding carboxylic acids is 1. The number of carboxylic acids is 1.